The van der Waals surface area contributed by atoms with Gasteiger partial charge in [-0.1, -0.05) is 11.6 Å². The molecule has 1 aromatic rings. The van der Waals surface area contributed by atoms with Crippen LogP contribution in [0.3, 0.4) is 0 Å². The monoisotopic (exact) mass is 306 g/mol. The van der Waals surface area contributed by atoms with E-state index in [1.807, 2.05) is 18.2 Å². The van der Waals surface area contributed by atoms with Gasteiger partial charge < -0.3 is 15.4 Å². The number of hydrogen-bond acceptors (Lipinski definition) is 3. The summed E-state index contributed by atoms with van der Waals surface area (Å²) >= 11 is 5.98. The van der Waals surface area contributed by atoms with E-state index in [4.69, 9.17) is 16.3 Å². The normalized spacial score (nSPS) is 24.6. The van der Waals surface area contributed by atoms with Gasteiger partial charge in [-0.15, -0.1) is 0 Å². The van der Waals surface area contributed by atoms with Crippen molar-refractivity contribution < 1.29 is 9.53 Å². The van der Waals surface area contributed by atoms with Crippen LogP contribution < -0.4 is 15.4 Å². The third-order valence-electron chi connectivity index (χ3n) is 3.94. The fourth-order valence-electron chi connectivity index (χ4n) is 2.82. The molecule has 0 aromatic heterocycles. The Balaban J connectivity index is 1.70. The number of carbonyl (C=O) groups is 1. The maximum Gasteiger partial charge on any atom is 0.250 e. The van der Waals surface area contributed by atoms with E-state index in [0.29, 0.717) is 23.2 Å². The second kappa shape index (κ2) is 6.08. The third kappa shape index (κ3) is 3.39. The van der Waals surface area contributed by atoms with Crippen molar-refractivity contribution in [1.82, 2.24) is 10.6 Å². The van der Waals surface area contributed by atoms with Crippen LogP contribution in [0.4, 0.5) is 0 Å². The third-order valence-corrected chi connectivity index (χ3v) is 4.17. The Bertz CT molecular complexity index is 586. The minimum Gasteiger partial charge on any atom is -0.488 e. The highest BCUT2D eigenvalue weighted by molar-refractivity contribution is 6.30. The number of piperidine rings is 1. The maximum atomic E-state index is 12.4. The van der Waals surface area contributed by atoms with Gasteiger partial charge in [0.05, 0.1) is 5.57 Å². The zero-order valence-electron chi connectivity index (χ0n) is 12.0. The van der Waals surface area contributed by atoms with Gasteiger partial charge in [-0.2, -0.15) is 0 Å². The van der Waals surface area contributed by atoms with Crippen LogP contribution >= 0.6 is 11.6 Å². The lowest BCUT2D eigenvalue weighted by Crippen LogP contribution is -2.47. The molecule has 5 heteroatoms. The lowest BCUT2D eigenvalue weighted by Gasteiger charge is -2.29. The van der Waals surface area contributed by atoms with Crippen LogP contribution in [0.1, 0.15) is 25.3 Å². The van der Waals surface area contributed by atoms with E-state index in [2.05, 4.69) is 17.6 Å². The highest BCUT2D eigenvalue weighted by atomic mass is 35.5. The zero-order chi connectivity index (χ0) is 14.8. The van der Waals surface area contributed by atoms with Gasteiger partial charge in [0, 0.05) is 22.7 Å². The molecule has 21 heavy (non-hydrogen) atoms. The van der Waals surface area contributed by atoms with Crippen molar-refractivity contribution in [2.75, 3.05) is 13.2 Å². The van der Waals surface area contributed by atoms with Crippen LogP contribution in [0.5, 0.6) is 5.75 Å². The summed E-state index contributed by atoms with van der Waals surface area (Å²) in [4.78, 5) is 12.4. The zero-order valence-corrected chi connectivity index (χ0v) is 12.7. The quantitative estimate of drug-likeness (QED) is 0.882. The molecule has 2 aliphatic rings. The van der Waals surface area contributed by atoms with E-state index >= 15 is 0 Å². The molecule has 3 rings (SSSR count). The minimum absolute atomic E-state index is 0.0419. The smallest absolute Gasteiger partial charge is 0.250 e. The van der Waals surface area contributed by atoms with Gasteiger partial charge >= 0.3 is 0 Å². The van der Waals surface area contributed by atoms with Crippen molar-refractivity contribution >= 4 is 23.6 Å². The van der Waals surface area contributed by atoms with E-state index in [0.717, 1.165) is 30.7 Å². The van der Waals surface area contributed by atoms with Crippen molar-refractivity contribution in [3.8, 4) is 5.75 Å². The molecule has 1 fully saturated rings. The lowest BCUT2D eigenvalue weighted by atomic mass is 10.00. The van der Waals surface area contributed by atoms with Crippen molar-refractivity contribution in [2.24, 2.45) is 0 Å². The van der Waals surface area contributed by atoms with Crippen LogP contribution in [-0.2, 0) is 4.79 Å². The molecule has 0 bridgehead atoms. The molecule has 2 N–H and O–H groups in total. The molecular formula is C16H19ClN2O2. The molecule has 4 nitrogen and oxygen atoms in total. The van der Waals surface area contributed by atoms with Gasteiger partial charge in [0.15, 0.2) is 0 Å². The predicted molar refractivity (Wildman–Crippen MR) is 83.6 cm³/mol. The first-order valence-corrected chi connectivity index (χ1v) is 7.67. The molecule has 0 radical (unpaired) electrons. The average molecular weight is 307 g/mol. The number of halogens is 1. The Hall–Kier alpha value is -1.52. The lowest BCUT2D eigenvalue weighted by molar-refractivity contribution is -0.118. The first kappa shape index (κ1) is 14.4. The van der Waals surface area contributed by atoms with Crippen molar-refractivity contribution in [1.29, 1.82) is 0 Å². The predicted octanol–water partition coefficient (Wildman–Crippen LogP) is 2.37. The van der Waals surface area contributed by atoms with Crippen LogP contribution in [0.25, 0.3) is 6.08 Å². The molecule has 1 saturated heterocycles. The summed E-state index contributed by atoms with van der Waals surface area (Å²) in [5.74, 6) is 0.728. The first-order chi connectivity index (χ1) is 10.1. The van der Waals surface area contributed by atoms with E-state index < -0.39 is 0 Å². The standard InChI is InChI=1S/C16H19ClN2O2/c1-10-6-14(4-5-18-10)19-16(20)12-7-11-8-13(17)2-3-15(11)21-9-12/h2-3,7-8,10,14,18H,4-6,9H2,1H3,(H,19,20). The van der Waals surface area contributed by atoms with Crippen LogP contribution in [0, 0.1) is 0 Å². The van der Waals surface area contributed by atoms with E-state index in [1.54, 1.807) is 6.07 Å². The molecule has 0 aliphatic carbocycles. The van der Waals surface area contributed by atoms with Gasteiger partial charge in [-0.3, -0.25) is 4.79 Å². The summed E-state index contributed by atoms with van der Waals surface area (Å²) in [6.45, 7) is 3.39. The van der Waals surface area contributed by atoms with Crippen LogP contribution in [0.15, 0.2) is 23.8 Å². The first-order valence-electron chi connectivity index (χ1n) is 7.29. The van der Waals surface area contributed by atoms with Crippen LogP contribution in [0.2, 0.25) is 5.02 Å². The number of amides is 1. The van der Waals surface area contributed by atoms with Crippen LogP contribution in [-0.4, -0.2) is 31.1 Å². The van der Waals surface area contributed by atoms with Crippen molar-refractivity contribution in [3.63, 3.8) is 0 Å². The molecule has 1 amide bonds. The summed E-state index contributed by atoms with van der Waals surface area (Å²) in [5, 5.41) is 7.12. The molecular weight excluding hydrogens is 288 g/mol. The number of rotatable bonds is 2. The maximum absolute atomic E-state index is 12.4. The topological polar surface area (TPSA) is 50.4 Å². The molecule has 2 aliphatic heterocycles. The van der Waals surface area contributed by atoms with E-state index in [-0.39, 0.29) is 11.9 Å². The van der Waals surface area contributed by atoms with Gasteiger partial charge in [0.1, 0.15) is 12.4 Å². The summed E-state index contributed by atoms with van der Waals surface area (Å²) in [6.07, 6.45) is 3.79. The van der Waals surface area contributed by atoms with E-state index in [1.165, 1.54) is 0 Å². The highest BCUT2D eigenvalue weighted by Gasteiger charge is 2.23. The number of nitrogens with one attached hydrogen (secondary N) is 2. The molecule has 1 aromatic carbocycles. The Labute approximate surface area is 129 Å². The minimum atomic E-state index is -0.0419. The molecule has 112 valence electrons. The molecule has 2 unspecified atom stereocenters. The van der Waals surface area contributed by atoms with Crippen molar-refractivity contribution in [2.45, 2.75) is 31.8 Å². The fourth-order valence-corrected chi connectivity index (χ4v) is 3.00. The molecule has 0 spiro atoms. The molecule has 2 atom stereocenters. The number of carbonyl (C=O) groups excluding carboxylic acids is 1. The summed E-state index contributed by atoms with van der Waals surface area (Å²) in [5.41, 5.74) is 1.51. The molecule has 2 heterocycles. The van der Waals surface area contributed by atoms with Gasteiger partial charge in [0.25, 0.3) is 5.91 Å². The molecule has 0 saturated carbocycles. The Morgan fingerprint density at radius 2 is 2.33 bits per heavy atom. The van der Waals surface area contributed by atoms with E-state index in [9.17, 15) is 4.79 Å². The summed E-state index contributed by atoms with van der Waals surface area (Å²) in [7, 11) is 0. The SMILES string of the molecule is CC1CC(NC(=O)C2=Cc3cc(Cl)ccc3OC2)CCN1. The highest BCUT2D eigenvalue weighted by Crippen LogP contribution is 2.29. The van der Waals surface area contributed by atoms with Gasteiger partial charge in [-0.25, -0.2) is 0 Å². The Morgan fingerprint density at radius 1 is 1.48 bits per heavy atom. The number of ether oxygens (including phenoxy) is 1. The number of hydrogen-bond donors (Lipinski definition) is 2. The average Bonchev–Trinajstić information content (AvgIpc) is 2.46. The second-order valence-corrected chi connectivity index (χ2v) is 6.13. The fraction of sp³-hybridized carbons (Fsp3) is 0.438. The van der Waals surface area contributed by atoms with Crippen molar-refractivity contribution in [3.05, 3.63) is 34.4 Å². The Morgan fingerprint density at radius 3 is 3.14 bits per heavy atom. The number of benzene rings is 1. The Kier molecular flexibility index (Phi) is 4.17. The van der Waals surface area contributed by atoms with Gasteiger partial charge in [0.2, 0.25) is 0 Å². The second-order valence-electron chi connectivity index (χ2n) is 5.69. The number of fused-ring (bicyclic) bond motifs is 1. The van der Waals surface area contributed by atoms with Gasteiger partial charge in [-0.05, 0) is 50.6 Å². The summed E-state index contributed by atoms with van der Waals surface area (Å²) in [6, 6.07) is 6.11. The summed E-state index contributed by atoms with van der Waals surface area (Å²) < 4.78 is 5.62. The largest absolute Gasteiger partial charge is 0.488 e.